The van der Waals surface area contributed by atoms with E-state index in [0.717, 1.165) is 3.39 Å². The van der Waals surface area contributed by atoms with E-state index in [2.05, 4.69) is 36.6 Å². The Bertz CT molecular complexity index is 134. The zero-order chi connectivity index (χ0) is 7.28. The molecule has 6 heteroatoms. The maximum Gasteiger partial charge on any atom is 0.232 e. The molecule has 0 fully saturated rings. The molecule has 0 heterocycles. The highest BCUT2D eigenvalue weighted by Gasteiger charge is 1.86. The molecule has 0 rings (SSSR count). The first-order valence-corrected chi connectivity index (χ1v) is 4.67. The van der Waals surface area contributed by atoms with Crippen LogP contribution in [0.5, 0.6) is 0 Å². The fraction of sp³-hybridized carbons (Fsp3) is 0.333. The van der Waals surface area contributed by atoms with Crippen LogP contribution in [-0.4, -0.2) is 15.3 Å². The van der Waals surface area contributed by atoms with Crippen molar-refractivity contribution in [3.05, 3.63) is 9.47 Å². The van der Waals surface area contributed by atoms with Crippen LogP contribution in [0.3, 0.4) is 0 Å². The first kappa shape index (κ1) is 9.77. The molecule has 0 aromatic heterocycles. The van der Waals surface area contributed by atoms with Crippen LogP contribution in [0, 0.1) is 0 Å². The van der Waals surface area contributed by atoms with Crippen LogP contribution in [0.4, 0.5) is 0 Å². The lowest BCUT2D eigenvalue weighted by atomic mass is 10.7. The van der Waals surface area contributed by atoms with Crippen LogP contribution >= 0.6 is 31.9 Å². The number of hydrogen-bond acceptors (Lipinski definition) is 1. The highest BCUT2D eigenvalue weighted by atomic mass is 79.9. The van der Waals surface area contributed by atoms with Crippen LogP contribution in [-0.2, 0) is 11.3 Å². The van der Waals surface area contributed by atoms with Gasteiger partial charge < -0.3 is 0 Å². The predicted molar refractivity (Wildman–Crippen MR) is 44.7 cm³/mol. The van der Waals surface area contributed by atoms with Crippen molar-refractivity contribution in [2.24, 2.45) is 0 Å². The molecule has 0 bridgehead atoms. The van der Waals surface area contributed by atoms with E-state index in [1.54, 1.807) is 6.08 Å². The SMILES string of the molecule is O=S(O)NCC=C(Br)Br. The van der Waals surface area contributed by atoms with E-state index in [0.29, 0.717) is 6.54 Å². The Kier molecular flexibility index (Phi) is 6.02. The van der Waals surface area contributed by atoms with Crippen LogP contribution < -0.4 is 4.72 Å². The summed E-state index contributed by atoms with van der Waals surface area (Å²) in [6, 6.07) is 0. The largest absolute Gasteiger partial charge is 0.294 e. The van der Waals surface area contributed by atoms with Crippen molar-refractivity contribution in [3.8, 4) is 0 Å². The highest BCUT2D eigenvalue weighted by molar-refractivity contribution is 9.28. The molecule has 0 radical (unpaired) electrons. The number of halogens is 2. The second-order valence-corrected chi connectivity index (χ2v) is 4.65. The summed E-state index contributed by atoms with van der Waals surface area (Å²) < 4.78 is 21.1. The summed E-state index contributed by atoms with van der Waals surface area (Å²) in [5.74, 6) is 0. The van der Waals surface area contributed by atoms with E-state index in [1.165, 1.54) is 0 Å². The molecule has 3 nitrogen and oxygen atoms in total. The number of hydrogen-bond donors (Lipinski definition) is 2. The smallest absolute Gasteiger partial charge is 0.232 e. The Balaban J connectivity index is 3.31. The van der Waals surface area contributed by atoms with Gasteiger partial charge in [-0.1, -0.05) is 0 Å². The van der Waals surface area contributed by atoms with Gasteiger partial charge >= 0.3 is 0 Å². The quantitative estimate of drug-likeness (QED) is 0.766. The Morgan fingerprint density at radius 2 is 2.33 bits per heavy atom. The van der Waals surface area contributed by atoms with Gasteiger partial charge in [-0.3, -0.25) is 4.55 Å². The van der Waals surface area contributed by atoms with E-state index in [4.69, 9.17) is 4.55 Å². The van der Waals surface area contributed by atoms with Crippen molar-refractivity contribution in [2.45, 2.75) is 0 Å². The lowest BCUT2D eigenvalue weighted by molar-refractivity contribution is 0.553. The molecule has 0 aliphatic carbocycles. The summed E-state index contributed by atoms with van der Waals surface area (Å²) in [7, 11) is 0. The average Bonchev–Trinajstić information content (AvgIpc) is 1.63. The Morgan fingerprint density at radius 1 is 1.78 bits per heavy atom. The third kappa shape index (κ3) is 8.77. The molecule has 1 atom stereocenters. The second kappa shape index (κ2) is 5.55. The van der Waals surface area contributed by atoms with Crippen molar-refractivity contribution in [2.75, 3.05) is 6.54 Å². The predicted octanol–water partition coefficient (Wildman–Crippen LogP) is 1.34. The van der Waals surface area contributed by atoms with Gasteiger partial charge in [0.15, 0.2) is 0 Å². The molecular formula is C3H5Br2NO2S. The lowest BCUT2D eigenvalue weighted by Gasteiger charge is -1.90. The highest BCUT2D eigenvalue weighted by Crippen LogP contribution is 2.10. The molecule has 1 unspecified atom stereocenters. The number of rotatable bonds is 3. The van der Waals surface area contributed by atoms with Crippen LogP contribution in [0.2, 0.25) is 0 Å². The molecule has 9 heavy (non-hydrogen) atoms. The fourth-order valence-corrected chi connectivity index (χ4v) is 0.740. The zero-order valence-electron chi connectivity index (χ0n) is 4.30. The standard InChI is InChI=1S/C3H5Br2NO2S/c4-3(5)1-2-6-9(7)8/h1,6H,2H2,(H,7,8). The van der Waals surface area contributed by atoms with Crippen molar-refractivity contribution in [1.82, 2.24) is 4.72 Å². The van der Waals surface area contributed by atoms with Gasteiger partial charge in [0.1, 0.15) is 0 Å². The van der Waals surface area contributed by atoms with E-state index >= 15 is 0 Å². The number of nitrogens with one attached hydrogen (secondary N) is 1. The van der Waals surface area contributed by atoms with Crippen molar-refractivity contribution < 1.29 is 8.76 Å². The van der Waals surface area contributed by atoms with E-state index in [1.807, 2.05) is 0 Å². The van der Waals surface area contributed by atoms with Crippen LogP contribution in [0.1, 0.15) is 0 Å². The minimum Gasteiger partial charge on any atom is -0.294 e. The van der Waals surface area contributed by atoms with Crippen LogP contribution in [0.25, 0.3) is 0 Å². The van der Waals surface area contributed by atoms with Crippen molar-refractivity contribution in [3.63, 3.8) is 0 Å². The fourth-order valence-electron chi connectivity index (χ4n) is 0.190. The molecule has 54 valence electrons. The van der Waals surface area contributed by atoms with E-state index in [9.17, 15) is 4.21 Å². The van der Waals surface area contributed by atoms with Crippen molar-refractivity contribution in [1.29, 1.82) is 0 Å². The van der Waals surface area contributed by atoms with Gasteiger partial charge in [-0.2, -0.15) is 0 Å². The van der Waals surface area contributed by atoms with Gasteiger partial charge in [0, 0.05) is 6.54 Å². The molecule has 2 N–H and O–H groups in total. The minimum atomic E-state index is -1.92. The maximum absolute atomic E-state index is 9.92. The van der Waals surface area contributed by atoms with E-state index in [-0.39, 0.29) is 0 Å². The van der Waals surface area contributed by atoms with Gasteiger partial charge in [-0.25, -0.2) is 8.93 Å². The normalized spacial score (nSPS) is 12.8. The van der Waals surface area contributed by atoms with Gasteiger partial charge in [-0.15, -0.1) is 0 Å². The molecule has 0 spiro atoms. The first-order valence-electron chi connectivity index (χ1n) is 1.98. The van der Waals surface area contributed by atoms with Crippen LogP contribution in [0.15, 0.2) is 9.47 Å². The summed E-state index contributed by atoms with van der Waals surface area (Å²) in [6.07, 6.45) is 1.67. The zero-order valence-corrected chi connectivity index (χ0v) is 8.29. The maximum atomic E-state index is 9.92. The second-order valence-electron chi connectivity index (χ2n) is 1.09. The third-order valence-corrected chi connectivity index (χ3v) is 1.52. The molecule has 0 aromatic carbocycles. The molecule has 0 amide bonds. The topological polar surface area (TPSA) is 49.3 Å². The Labute approximate surface area is 72.6 Å². The summed E-state index contributed by atoms with van der Waals surface area (Å²) in [5, 5.41) is 0. The summed E-state index contributed by atoms with van der Waals surface area (Å²) in [6.45, 7) is 0.356. The van der Waals surface area contributed by atoms with Gasteiger partial charge in [0.25, 0.3) is 0 Å². The Morgan fingerprint density at radius 3 is 2.67 bits per heavy atom. The summed E-state index contributed by atoms with van der Waals surface area (Å²) in [5.41, 5.74) is 0. The van der Waals surface area contributed by atoms with E-state index < -0.39 is 11.3 Å². The first-order chi connectivity index (χ1) is 4.13. The molecule has 0 aliphatic rings. The lowest BCUT2D eigenvalue weighted by Crippen LogP contribution is -2.15. The van der Waals surface area contributed by atoms with Gasteiger partial charge in [0.05, 0.1) is 3.39 Å². The third-order valence-electron chi connectivity index (χ3n) is 0.463. The molecule has 0 aromatic rings. The summed E-state index contributed by atoms with van der Waals surface area (Å²) >= 11 is 4.25. The Hall–Kier alpha value is 0.770. The van der Waals surface area contributed by atoms with Crippen molar-refractivity contribution >= 4 is 43.1 Å². The summed E-state index contributed by atoms with van der Waals surface area (Å²) in [4.78, 5) is 0. The molecule has 0 saturated carbocycles. The molecule has 0 saturated heterocycles. The van der Waals surface area contributed by atoms with Gasteiger partial charge in [0.2, 0.25) is 11.3 Å². The minimum absolute atomic E-state index is 0.356. The van der Waals surface area contributed by atoms with Gasteiger partial charge in [-0.05, 0) is 37.9 Å². The molecule has 0 aliphatic heterocycles. The average molecular weight is 279 g/mol. The molecular weight excluding hydrogens is 274 g/mol. The monoisotopic (exact) mass is 277 g/mol.